The van der Waals surface area contributed by atoms with Gasteiger partial charge in [-0.15, -0.1) is 0 Å². The molecule has 0 aliphatic heterocycles. The highest BCUT2D eigenvalue weighted by atomic mass is 16.2. The highest BCUT2D eigenvalue weighted by molar-refractivity contribution is 5.94. The number of benzene rings is 1. The Kier molecular flexibility index (Phi) is 3.41. The van der Waals surface area contributed by atoms with Gasteiger partial charge in [-0.2, -0.15) is 5.10 Å². The van der Waals surface area contributed by atoms with Gasteiger partial charge in [0.1, 0.15) is 5.82 Å². The molecule has 5 heteroatoms. The maximum absolute atomic E-state index is 12.5. The quantitative estimate of drug-likeness (QED) is 0.851. The summed E-state index contributed by atoms with van der Waals surface area (Å²) in [5, 5.41) is 7.30. The number of hydrogen-bond acceptors (Lipinski definition) is 3. The summed E-state index contributed by atoms with van der Waals surface area (Å²) in [5.74, 6) is 0.773. The zero-order valence-electron chi connectivity index (χ0n) is 12.2. The lowest BCUT2D eigenvalue weighted by Gasteiger charge is -2.22. The van der Waals surface area contributed by atoms with E-state index in [1.165, 1.54) is 0 Å². The first-order valence-corrected chi connectivity index (χ1v) is 7.30. The van der Waals surface area contributed by atoms with Crippen LogP contribution in [0.3, 0.4) is 0 Å². The maximum atomic E-state index is 12.5. The minimum atomic E-state index is -0.254. The molecule has 3 N–H and O–H groups in total. The second-order valence-corrected chi connectivity index (χ2v) is 5.94. The molecule has 0 bridgehead atoms. The van der Waals surface area contributed by atoms with E-state index in [4.69, 9.17) is 5.73 Å². The van der Waals surface area contributed by atoms with Crippen LogP contribution in [-0.2, 0) is 4.79 Å². The van der Waals surface area contributed by atoms with E-state index in [1.807, 2.05) is 37.3 Å². The first-order chi connectivity index (χ1) is 10.1. The van der Waals surface area contributed by atoms with E-state index >= 15 is 0 Å². The van der Waals surface area contributed by atoms with Gasteiger partial charge in [0.2, 0.25) is 5.91 Å². The highest BCUT2D eigenvalue weighted by Gasteiger charge is 2.36. The van der Waals surface area contributed by atoms with Gasteiger partial charge in [-0.25, -0.2) is 4.68 Å². The van der Waals surface area contributed by atoms with Crippen molar-refractivity contribution in [1.82, 2.24) is 9.78 Å². The molecular formula is C16H20N4O. The number of rotatable bonds is 3. The summed E-state index contributed by atoms with van der Waals surface area (Å²) < 4.78 is 1.72. The van der Waals surface area contributed by atoms with E-state index in [9.17, 15) is 4.79 Å². The van der Waals surface area contributed by atoms with Crippen molar-refractivity contribution in [2.45, 2.75) is 32.6 Å². The molecule has 1 amide bonds. The van der Waals surface area contributed by atoms with Gasteiger partial charge in [-0.1, -0.05) is 19.8 Å². The number of aromatic nitrogens is 2. The Hall–Kier alpha value is -2.30. The van der Waals surface area contributed by atoms with Crippen molar-refractivity contribution in [2.24, 2.45) is 5.41 Å². The molecule has 0 radical (unpaired) electrons. The van der Waals surface area contributed by atoms with Crippen LogP contribution in [0.15, 0.2) is 36.5 Å². The summed E-state index contributed by atoms with van der Waals surface area (Å²) in [6.07, 6.45) is 5.84. The number of hydrogen-bond donors (Lipinski definition) is 2. The van der Waals surface area contributed by atoms with Crippen molar-refractivity contribution in [3.05, 3.63) is 36.5 Å². The van der Waals surface area contributed by atoms with Crippen LogP contribution in [0.4, 0.5) is 11.5 Å². The van der Waals surface area contributed by atoms with Gasteiger partial charge in [-0.05, 0) is 37.1 Å². The average Bonchev–Trinajstić information content (AvgIpc) is 3.10. The molecule has 1 aliphatic rings. The second kappa shape index (κ2) is 5.24. The topological polar surface area (TPSA) is 72.9 Å². The Labute approximate surface area is 124 Å². The molecule has 1 aliphatic carbocycles. The van der Waals surface area contributed by atoms with Crippen molar-refractivity contribution >= 4 is 17.4 Å². The lowest BCUT2D eigenvalue weighted by molar-refractivity contribution is -0.124. The van der Waals surface area contributed by atoms with E-state index in [2.05, 4.69) is 10.4 Å². The summed E-state index contributed by atoms with van der Waals surface area (Å²) in [5.41, 5.74) is 7.03. The van der Waals surface area contributed by atoms with Crippen LogP contribution in [0.1, 0.15) is 32.6 Å². The summed E-state index contributed by atoms with van der Waals surface area (Å²) in [7, 11) is 0. The van der Waals surface area contributed by atoms with Crippen molar-refractivity contribution in [3.8, 4) is 5.69 Å². The molecule has 3 rings (SSSR count). The molecular weight excluding hydrogens is 264 g/mol. The van der Waals surface area contributed by atoms with Gasteiger partial charge in [-0.3, -0.25) is 4.79 Å². The van der Waals surface area contributed by atoms with Crippen molar-refractivity contribution in [1.29, 1.82) is 0 Å². The minimum Gasteiger partial charge on any atom is -0.399 e. The van der Waals surface area contributed by atoms with E-state index in [-0.39, 0.29) is 11.3 Å². The Morgan fingerprint density at radius 1 is 1.24 bits per heavy atom. The maximum Gasteiger partial charge on any atom is 0.231 e. The number of carbonyl (C=O) groups is 1. The third-order valence-corrected chi connectivity index (χ3v) is 4.28. The monoisotopic (exact) mass is 284 g/mol. The molecule has 2 aromatic rings. The van der Waals surface area contributed by atoms with Gasteiger partial charge < -0.3 is 11.1 Å². The van der Waals surface area contributed by atoms with Crippen molar-refractivity contribution in [2.75, 3.05) is 11.1 Å². The number of nitrogens with one attached hydrogen (secondary N) is 1. The van der Waals surface area contributed by atoms with Crippen LogP contribution in [-0.4, -0.2) is 15.7 Å². The predicted molar refractivity (Wildman–Crippen MR) is 83.2 cm³/mol. The zero-order chi connectivity index (χ0) is 14.9. The lowest BCUT2D eigenvalue weighted by Crippen LogP contribution is -2.31. The molecule has 0 unspecified atom stereocenters. The van der Waals surface area contributed by atoms with Crippen LogP contribution in [0.25, 0.3) is 5.69 Å². The number of nitrogen functional groups attached to an aromatic ring is 1. The highest BCUT2D eigenvalue weighted by Crippen LogP contribution is 2.38. The molecule has 110 valence electrons. The fraction of sp³-hybridized carbons (Fsp3) is 0.375. The van der Waals surface area contributed by atoms with Crippen molar-refractivity contribution in [3.63, 3.8) is 0 Å². The number of anilines is 2. The standard InChI is InChI=1S/C16H20N4O/c1-16(9-2-3-10-16)15(21)19-14-8-11-18-20(14)13-6-4-12(17)5-7-13/h4-8,11H,2-3,9-10,17H2,1H3,(H,19,21). The molecule has 5 nitrogen and oxygen atoms in total. The molecule has 0 spiro atoms. The third-order valence-electron chi connectivity index (χ3n) is 4.28. The molecule has 1 fully saturated rings. The normalized spacial score (nSPS) is 16.8. The van der Waals surface area contributed by atoms with E-state index in [1.54, 1.807) is 10.9 Å². The number of nitrogens with zero attached hydrogens (tertiary/aromatic N) is 2. The van der Waals surface area contributed by atoms with Gasteiger partial charge >= 0.3 is 0 Å². The minimum absolute atomic E-state index is 0.0807. The first kappa shape index (κ1) is 13.7. The van der Waals surface area contributed by atoms with Crippen LogP contribution >= 0.6 is 0 Å². The van der Waals surface area contributed by atoms with E-state index in [0.717, 1.165) is 31.4 Å². The van der Waals surface area contributed by atoms with Gasteiger partial charge in [0.05, 0.1) is 11.9 Å². The first-order valence-electron chi connectivity index (χ1n) is 7.30. The number of carbonyl (C=O) groups excluding carboxylic acids is 1. The van der Waals surface area contributed by atoms with Gasteiger partial charge in [0.25, 0.3) is 0 Å². The lowest BCUT2D eigenvalue weighted by atomic mass is 9.88. The van der Waals surface area contributed by atoms with E-state index < -0.39 is 0 Å². The van der Waals surface area contributed by atoms with Gasteiger partial charge in [0, 0.05) is 17.2 Å². The SMILES string of the molecule is CC1(C(=O)Nc2ccnn2-c2ccc(N)cc2)CCCC1. The van der Waals surface area contributed by atoms with Gasteiger partial charge in [0.15, 0.2) is 0 Å². The fourth-order valence-electron chi connectivity index (χ4n) is 2.87. The summed E-state index contributed by atoms with van der Waals surface area (Å²) >= 11 is 0. The van der Waals surface area contributed by atoms with Crippen molar-refractivity contribution < 1.29 is 4.79 Å². The summed E-state index contributed by atoms with van der Waals surface area (Å²) in [6, 6.07) is 9.22. The Morgan fingerprint density at radius 3 is 2.57 bits per heavy atom. The Bertz CT molecular complexity index is 639. The molecule has 0 saturated heterocycles. The number of nitrogens with two attached hydrogens (primary N) is 1. The van der Waals surface area contributed by atoms with Crippen LogP contribution in [0.2, 0.25) is 0 Å². The smallest absolute Gasteiger partial charge is 0.231 e. The summed E-state index contributed by atoms with van der Waals surface area (Å²) in [4.78, 5) is 12.5. The van der Waals surface area contributed by atoms with E-state index in [0.29, 0.717) is 11.5 Å². The summed E-state index contributed by atoms with van der Waals surface area (Å²) in [6.45, 7) is 2.04. The van der Waals surface area contributed by atoms with Crippen LogP contribution in [0.5, 0.6) is 0 Å². The average molecular weight is 284 g/mol. The van der Waals surface area contributed by atoms with Crippen LogP contribution in [0, 0.1) is 5.41 Å². The second-order valence-electron chi connectivity index (χ2n) is 5.94. The predicted octanol–water partition coefficient (Wildman–Crippen LogP) is 2.97. The fourth-order valence-corrected chi connectivity index (χ4v) is 2.87. The van der Waals surface area contributed by atoms with Crippen LogP contribution < -0.4 is 11.1 Å². The Morgan fingerprint density at radius 2 is 1.90 bits per heavy atom. The number of amides is 1. The largest absolute Gasteiger partial charge is 0.399 e. The molecule has 0 atom stereocenters. The molecule has 1 aromatic heterocycles. The molecule has 1 aromatic carbocycles. The molecule has 1 saturated carbocycles. The molecule has 1 heterocycles. The molecule has 21 heavy (non-hydrogen) atoms. The zero-order valence-corrected chi connectivity index (χ0v) is 12.2. The third kappa shape index (κ3) is 2.63. The Balaban J connectivity index is 1.82.